The standard InChI is InChI=1S/C14H24N4O/c1-11(2)13-9-17-6-3-4-12(17)8-18(13)7-5-14-15-10-19-16-14/h10-13H,3-9H2,1-2H3. The third-order valence-corrected chi connectivity index (χ3v) is 4.63. The van der Waals surface area contributed by atoms with Gasteiger partial charge in [0.2, 0.25) is 6.39 Å². The molecule has 3 heterocycles. The van der Waals surface area contributed by atoms with Crippen LogP contribution in [0.25, 0.3) is 0 Å². The van der Waals surface area contributed by atoms with Crippen LogP contribution in [0.4, 0.5) is 0 Å². The summed E-state index contributed by atoms with van der Waals surface area (Å²) in [4.78, 5) is 9.46. The molecule has 1 aromatic rings. The molecule has 2 fully saturated rings. The molecule has 5 nitrogen and oxygen atoms in total. The Labute approximate surface area is 115 Å². The molecule has 2 aliphatic rings. The van der Waals surface area contributed by atoms with Crippen LogP contribution < -0.4 is 0 Å². The van der Waals surface area contributed by atoms with Crippen molar-refractivity contribution < 1.29 is 4.52 Å². The predicted molar refractivity (Wildman–Crippen MR) is 72.8 cm³/mol. The SMILES string of the molecule is CC(C)C1CN2CCCC2CN1CCc1ncon1. The number of piperazine rings is 1. The summed E-state index contributed by atoms with van der Waals surface area (Å²) in [7, 11) is 0. The van der Waals surface area contributed by atoms with Gasteiger partial charge in [0, 0.05) is 38.1 Å². The molecular weight excluding hydrogens is 240 g/mol. The lowest BCUT2D eigenvalue weighted by atomic mass is 9.97. The number of hydrogen-bond acceptors (Lipinski definition) is 5. The summed E-state index contributed by atoms with van der Waals surface area (Å²) >= 11 is 0. The van der Waals surface area contributed by atoms with Crippen LogP contribution in [0.1, 0.15) is 32.5 Å². The monoisotopic (exact) mass is 264 g/mol. The van der Waals surface area contributed by atoms with E-state index in [1.165, 1.54) is 38.9 Å². The second kappa shape index (κ2) is 5.59. The Morgan fingerprint density at radius 1 is 1.42 bits per heavy atom. The first-order chi connectivity index (χ1) is 9.24. The molecule has 5 heteroatoms. The maximum absolute atomic E-state index is 4.81. The van der Waals surface area contributed by atoms with Crippen LogP contribution in [-0.4, -0.2) is 58.2 Å². The number of rotatable bonds is 4. The van der Waals surface area contributed by atoms with Gasteiger partial charge in [-0.3, -0.25) is 9.80 Å². The van der Waals surface area contributed by atoms with Crippen molar-refractivity contribution in [3.05, 3.63) is 12.2 Å². The van der Waals surface area contributed by atoms with Gasteiger partial charge in [0.1, 0.15) is 0 Å². The molecule has 0 aromatic carbocycles. The topological polar surface area (TPSA) is 45.4 Å². The number of hydrogen-bond donors (Lipinski definition) is 0. The molecule has 2 atom stereocenters. The Morgan fingerprint density at radius 3 is 3.05 bits per heavy atom. The number of nitrogens with zero attached hydrogens (tertiary/aromatic N) is 4. The maximum Gasteiger partial charge on any atom is 0.213 e. The van der Waals surface area contributed by atoms with Gasteiger partial charge in [-0.15, -0.1) is 0 Å². The molecular formula is C14H24N4O. The predicted octanol–water partition coefficient (Wildman–Crippen LogP) is 1.42. The van der Waals surface area contributed by atoms with Crippen molar-refractivity contribution in [1.82, 2.24) is 19.9 Å². The second-order valence-corrected chi connectivity index (χ2v) is 6.19. The molecule has 3 rings (SSSR count). The molecule has 19 heavy (non-hydrogen) atoms. The summed E-state index contributed by atoms with van der Waals surface area (Å²) in [5.41, 5.74) is 0. The molecule has 1 aromatic heterocycles. The molecule has 2 saturated heterocycles. The minimum atomic E-state index is 0.668. The van der Waals surface area contributed by atoms with Crippen LogP contribution in [0, 0.1) is 5.92 Å². The molecule has 0 spiro atoms. The van der Waals surface area contributed by atoms with Crippen LogP contribution in [0.5, 0.6) is 0 Å². The third kappa shape index (κ3) is 2.82. The van der Waals surface area contributed by atoms with Crippen molar-refractivity contribution in [2.75, 3.05) is 26.2 Å². The largest absolute Gasteiger partial charge is 0.343 e. The van der Waals surface area contributed by atoms with Crippen LogP contribution in [0.3, 0.4) is 0 Å². The number of aromatic nitrogens is 2. The Morgan fingerprint density at radius 2 is 2.32 bits per heavy atom. The molecule has 0 amide bonds. The highest BCUT2D eigenvalue weighted by molar-refractivity contribution is 4.94. The van der Waals surface area contributed by atoms with Gasteiger partial charge in [0.15, 0.2) is 5.82 Å². The fourth-order valence-corrected chi connectivity index (χ4v) is 3.54. The first-order valence-corrected chi connectivity index (χ1v) is 7.47. The fraction of sp³-hybridized carbons (Fsp3) is 0.857. The van der Waals surface area contributed by atoms with E-state index in [2.05, 4.69) is 33.8 Å². The van der Waals surface area contributed by atoms with E-state index in [1.807, 2.05) is 0 Å². The zero-order valence-electron chi connectivity index (χ0n) is 12.0. The van der Waals surface area contributed by atoms with Crippen molar-refractivity contribution in [2.24, 2.45) is 5.92 Å². The van der Waals surface area contributed by atoms with E-state index in [0.29, 0.717) is 12.0 Å². The van der Waals surface area contributed by atoms with Crippen LogP contribution in [0.15, 0.2) is 10.9 Å². The molecule has 0 radical (unpaired) electrons. The summed E-state index contributed by atoms with van der Waals surface area (Å²) in [5, 5.41) is 3.91. The highest BCUT2D eigenvalue weighted by Gasteiger charge is 2.37. The van der Waals surface area contributed by atoms with E-state index in [0.717, 1.165) is 24.8 Å². The Hall–Kier alpha value is -0.940. The van der Waals surface area contributed by atoms with Crippen LogP contribution >= 0.6 is 0 Å². The third-order valence-electron chi connectivity index (χ3n) is 4.63. The van der Waals surface area contributed by atoms with Gasteiger partial charge < -0.3 is 4.52 Å². The van der Waals surface area contributed by atoms with Crippen molar-refractivity contribution in [2.45, 2.75) is 45.2 Å². The van der Waals surface area contributed by atoms with E-state index in [-0.39, 0.29) is 0 Å². The van der Waals surface area contributed by atoms with E-state index in [4.69, 9.17) is 4.52 Å². The molecule has 0 bridgehead atoms. The normalized spacial score (nSPS) is 29.0. The highest BCUT2D eigenvalue weighted by Crippen LogP contribution is 2.27. The summed E-state index contributed by atoms with van der Waals surface area (Å²) in [6.07, 6.45) is 5.05. The molecule has 2 aliphatic heterocycles. The van der Waals surface area contributed by atoms with E-state index >= 15 is 0 Å². The highest BCUT2D eigenvalue weighted by atomic mass is 16.5. The van der Waals surface area contributed by atoms with Gasteiger partial charge in [-0.1, -0.05) is 19.0 Å². The van der Waals surface area contributed by atoms with Crippen LogP contribution in [-0.2, 0) is 6.42 Å². The molecule has 0 aliphatic carbocycles. The lowest BCUT2D eigenvalue weighted by molar-refractivity contribution is 0.0298. The summed E-state index contributed by atoms with van der Waals surface area (Å²) in [5.74, 6) is 1.53. The van der Waals surface area contributed by atoms with Gasteiger partial charge in [-0.2, -0.15) is 4.98 Å². The summed E-state index contributed by atoms with van der Waals surface area (Å²) in [6.45, 7) is 9.46. The maximum atomic E-state index is 4.81. The number of fused-ring (bicyclic) bond motifs is 1. The fourth-order valence-electron chi connectivity index (χ4n) is 3.54. The van der Waals surface area contributed by atoms with Crippen LogP contribution in [0.2, 0.25) is 0 Å². The van der Waals surface area contributed by atoms with E-state index in [1.54, 1.807) is 0 Å². The van der Waals surface area contributed by atoms with E-state index in [9.17, 15) is 0 Å². The summed E-state index contributed by atoms with van der Waals surface area (Å²) < 4.78 is 4.81. The molecule has 0 N–H and O–H groups in total. The van der Waals surface area contributed by atoms with Gasteiger partial charge in [0.25, 0.3) is 0 Å². The average Bonchev–Trinajstić information content (AvgIpc) is 3.05. The molecule has 0 saturated carbocycles. The smallest absolute Gasteiger partial charge is 0.213 e. The van der Waals surface area contributed by atoms with Gasteiger partial charge in [-0.05, 0) is 25.3 Å². The zero-order chi connectivity index (χ0) is 13.2. The van der Waals surface area contributed by atoms with Crippen molar-refractivity contribution >= 4 is 0 Å². The first-order valence-electron chi connectivity index (χ1n) is 7.47. The lowest BCUT2D eigenvalue weighted by Crippen LogP contribution is -2.58. The Kier molecular flexibility index (Phi) is 3.84. The minimum absolute atomic E-state index is 0.668. The minimum Gasteiger partial charge on any atom is -0.343 e. The van der Waals surface area contributed by atoms with Crippen molar-refractivity contribution in [3.63, 3.8) is 0 Å². The van der Waals surface area contributed by atoms with Gasteiger partial charge in [-0.25, -0.2) is 0 Å². The Bertz CT molecular complexity index is 392. The van der Waals surface area contributed by atoms with Gasteiger partial charge in [0.05, 0.1) is 0 Å². The molecule has 2 unspecified atom stereocenters. The average molecular weight is 264 g/mol. The second-order valence-electron chi connectivity index (χ2n) is 6.19. The Balaban J connectivity index is 1.63. The van der Waals surface area contributed by atoms with E-state index < -0.39 is 0 Å². The quantitative estimate of drug-likeness (QED) is 0.823. The van der Waals surface area contributed by atoms with Crippen molar-refractivity contribution in [3.8, 4) is 0 Å². The first kappa shape index (κ1) is 13.1. The van der Waals surface area contributed by atoms with Gasteiger partial charge >= 0.3 is 0 Å². The lowest BCUT2D eigenvalue weighted by Gasteiger charge is -2.45. The van der Waals surface area contributed by atoms with Crippen molar-refractivity contribution in [1.29, 1.82) is 0 Å². The zero-order valence-corrected chi connectivity index (χ0v) is 12.0. The summed E-state index contributed by atoms with van der Waals surface area (Å²) in [6, 6.07) is 1.45. The molecule has 106 valence electrons.